The van der Waals surface area contributed by atoms with Crippen molar-refractivity contribution in [1.82, 2.24) is 4.90 Å². The molecule has 0 unspecified atom stereocenters. The number of amidine groups is 1. The average molecular weight is 428 g/mol. The van der Waals surface area contributed by atoms with Crippen molar-refractivity contribution in [3.63, 3.8) is 0 Å². The van der Waals surface area contributed by atoms with E-state index < -0.39 is 17.0 Å². The van der Waals surface area contributed by atoms with Crippen molar-refractivity contribution in [3.8, 4) is 0 Å². The largest absolute Gasteiger partial charge is 0.324 e. The molecule has 1 fully saturated rings. The maximum atomic E-state index is 13.8. The number of halogens is 1. The Labute approximate surface area is 180 Å². The van der Waals surface area contributed by atoms with Crippen LogP contribution in [-0.4, -0.2) is 33.7 Å². The fraction of sp³-hybridized carbons (Fsp3) is 0.348. The van der Waals surface area contributed by atoms with Gasteiger partial charge in [-0.05, 0) is 43.0 Å². The molecular formula is C23H26FN3O2S. The smallest absolute Gasteiger partial charge is 0.242 e. The Bertz CT molecular complexity index is 970. The molecule has 2 amide bonds. The predicted molar refractivity (Wildman–Crippen MR) is 121 cm³/mol. The molecule has 0 radical (unpaired) electrons. The molecule has 2 aromatic rings. The molecule has 3 rings (SSSR count). The van der Waals surface area contributed by atoms with E-state index in [0.717, 1.165) is 16.8 Å². The van der Waals surface area contributed by atoms with Crippen molar-refractivity contribution in [1.29, 1.82) is 0 Å². The summed E-state index contributed by atoms with van der Waals surface area (Å²) in [6.45, 7) is 8.57. The maximum Gasteiger partial charge on any atom is 0.242 e. The monoisotopic (exact) mass is 427 g/mol. The second kappa shape index (κ2) is 9.43. The Morgan fingerprint density at radius 2 is 1.83 bits per heavy atom. The van der Waals surface area contributed by atoms with E-state index in [2.05, 4.69) is 5.32 Å². The summed E-state index contributed by atoms with van der Waals surface area (Å²) in [7, 11) is 0. The number of carbonyl (C=O) groups excluding carboxylic acids is 2. The van der Waals surface area contributed by atoms with Crippen LogP contribution in [0.2, 0.25) is 0 Å². The summed E-state index contributed by atoms with van der Waals surface area (Å²) in [6, 6.07) is 11.9. The molecule has 1 saturated heterocycles. The SMILES string of the molecule is Cc1cccc(C)c1N=C1S[C@H](CC(=O)Nc2ccccc2F)C(=O)N1CC(C)C. The van der Waals surface area contributed by atoms with Gasteiger partial charge in [-0.25, -0.2) is 9.38 Å². The third-order valence-electron chi connectivity index (χ3n) is 4.73. The highest BCUT2D eigenvalue weighted by Gasteiger charge is 2.39. The molecule has 0 aromatic heterocycles. The number of aliphatic imine (C=N–C) groups is 1. The van der Waals surface area contributed by atoms with E-state index in [1.54, 1.807) is 17.0 Å². The second-order valence-corrected chi connectivity index (χ2v) is 8.99. The van der Waals surface area contributed by atoms with Gasteiger partial charge in [-0.15, -0.1) is 0 Å². The van der Waals surface area contributed by atoms with Gasteiger partial charge in [0.1, 0.15) is 11.1 Å². The van der Waals surface area contributed by atoms with Crippen LogP contribution in [0.1, 0.15) is 31.4 Å². The van der Waals surface area contributed by atoms with Crippen LogP contribution in [0.15, 0.2) is 47.5 Å². The van der Waals surface area contributed by atoms with E-state index in [9.17, 15) is 14.0 Å². The number of para-hydroxylation sites is 2. The molecule has 0 saturated carbocycles. The van der Waals surface area contributed by atoms with Crippen LogP contribution in [-0.2, 0) is 9.59 Å². The molecule has 1 aliphatic heterocycles. The number of nitrogens with zero attached hydrogens (tertiary/aromatic N) is 2. The highest BCUT2D eigenvalue weighted by Crippen LogP contribution is 2.34. The Kier molecular flexibility index (Phi) is 6.92. The van der Waals surface area contributed by atoms with Gasteiger partial charge in [0.05, 0.1) is 11.4 Å². The van der Waals surface area contributed by atoms with E-state index in [4.69, 9.17) is 4.99 Å². The minimum atomic E-state index is -0.585. The molecule has 0 aliphatic carbocycles. The Balaban J connectivity index is 1.82. The predicted octanol–water partition coefficient (Wildman–Crippen LogP) is 5.06. The quantitative estimate of drug-likeness (QED) is 0.701. The topological polar surface area (TPSA) is 61.8 Å². The van der Waals surface area contributed by atoms with Crippen LogP contribution in [0.25, 0.3) is 0 Å². The van der Waals surface area contributed by atoms with Crippen molar-refractivity contribution >= 4 is 40.1 Å². The third-order valence-corrected chi connectivity index (χ3v) is 5.91. The Morgan fingerprint density at radius 1 is 1.17 bits per heavy atom. The molecule has 1 N–H and O–H groups in total. The van der Waals surface area contributed by atoms with Crippen LogP contribution in [0.4, 0.5) is 15.8 Å². The van der Waals surface area contributed by atoms with Crippen LogP contribution >= 0.6 is 11.8 Å². The number of nitrogens with one attached hydrogen (secondary N) is 1. The molecule has 2 aromatic carbocycles. The number of hydrogen-bond donors (Lipinski definition) is 1. The van der Waals surface area contributed by atoms with Crippen molar-refractivity contribution in [2.45, 2.75) is 39.4 Å². The number of carbonyl (C=O) groups is 2. The van der Waals surface area contributed by atoms with E-state index in [1.807, 2.05) is 45.9 Å². The fourth-order valence-corrected chi connectivity index (χ4v) is 4.42. The maximum absolute atomic E-state index is 13.8. The van der Waals surface area contributed by atoms with E-state index >= 15 is 0 Å². The molecule has 1 atom stereocenters. The molecule has 5 nitrogen and oxygen atoms in total. The van der Waals surface area contributed by atoms with Gasteiger partial charge in [0.15, 0.2) is 5.17 Å². The zero-order valence-electron chi connectivity index (χ0n) is 17.6. The van der Waals surface area contributed by atoms with Crippen LogP contribution < -0.4 is 5.32 Å². The normalized spacial score (nSPS) is 17.8. The molecular weight excluding hydrogens is 401 g/mol. The summed E-state index contributed by atoms with van der Waals surface area (Å²) in [5.74, 6) is -0.787. The lowest BCUT2D eigenvalue weighted by atomic mass is 10.1. The molecule has 0 bridgehead atoms. The summed E-state index contributed by atoms with van der Waals surface area (Å²) in [5.41, 5.74) is 3.01. The molecule has 1 aliphatic rings. The van der Waals surface area contributed by atoms with Gasteiger partial charge in [0.2, 0.25) is 11.8 Å². The van der Waals surface area contributed by atoms with E-state index in [0.29, 0.717) is 11.7 Å². The summed E-state index contributed by atoms with van der Waals surface area (Å²) < 4.78 is 13.8. The number of aryl methyl sites for hydroxylation is 2. The number of hydrogen-bond acceptors (Lipinski definition) is 4. The molecule has 0 spiro atoms. The number of benzene rings is 2. The van der Waals surface area contributed by atoms with Crippen molar-refractivity contribution in [2.75, 3.05) is 11.9 Å². The van der Waals surface area contributed by atoms with Gasteiger partial charge in [0.25, 0.3) is 0 Å². The lowest BCUT2D eigenvalue weighted by Crippen LogP contribution is -2.36. The number of rotatable bonds is 6. The number of thioether (sulfide) groups is 1. The number of anilines is 1. The minimum absolute atomic E-state index is 0.0434. The zero-order chi connectivity index (χ0) is 21.8. The highest BCUT2D eigenvalue weighted by atomic mass is 32.2. The van der Waals surface area contributed by atoms with Gasteiger partial charge in [-0.1, -0.05) is 55.9 Å². The zero-order valence-corrected chi connectivity index (χ0v) is 18.4. The lowest BCUT2D eigenvalue weighted by molar-refractivity contribution is -0.128. The van der Waals surface area contributed by atoms with Gasteiger partial charge in [-0.3, -0.25) is 14.5 Å². The summed E-state index contributed by atoms with van der Waals surface area (Å²) >= 11 is 1.30. The highest BCUT2D eigenvalue weighted by molar-refractivity contribution is 8.15. The van der Waals surface area contributed by atoms with Crippen LogP contribution in [0.5, 0.6) is 0 Å². The first kappa shape index (κ1) is 22.0. The van der Waals surface area contributed by atoms with E-state index in [-0.39, 0.29) is 23.9 Å². The second-order valence-electron chi connectivity index (χ2n) is 7.82. The lowest BCUT2D eigenvalue weighted by Gasteiger charge is -2.19. The molecule has 7 heteroatoms. The first-order valence-electron chi connectivity index (χ1n) is 9.93. The molecule has 158 valence electrons. The van der Waals surface area contributed by atoms with Gasteiger partial charge in [0, 0.05) is 13.0 Å². The average Bonchev–Trinajstić information content (AvgIpc) is 2.95. The third kappa shape index (κ3) is 5.08. The van der Waals surface area contributed by atoms with Crippen LogP contribution in [0, 0.1) is 25.6 Å². The Hall–Kier alpha value is -2.67. The molecule has 1 heterocycles. The standard InChI is InChI=1S/C23H26FN3O2S/c1-14(2)13-27-22(29)19(12-20(28)25-18-11-6-5-10-17(18)24)30-23(27)26-21-15(3)8-7-9-16(21)4/h5-11,14,19H,12-13H2,1-4H3,(H,25,28)/t19-/m1/s1. The minimum Gasteiger partial charge on any atom is -0.324 e. The Morgan fingerprint density at radius 3 is 2.47 bits per heavy atom. The van der Waals surface area contributed by atoms with E-state index in [1.165, 1.54) is 23.9 Å². The van der Waals surface area contributed by atoms with Gasteiger partial charge in [-0.2, -0.15) is 0 Å². The summed E-state index contributed by atoms with van der Waals surface area (Å²) in [6.07, 6.45) is -0.0434. The van der Waals surface area contributed by atoms with Gasteiger partial charge >= 0.3 is 0 Å². The molecule has 30 heavy (non-hydrogen) atoms. The first-order chi connectivity index (χ1) is 14.3. The number of amides is 2. The van der Waals surface area contributed by atoms with Crippen molar-refractivity contribution in [3.05, 3.63) is 59.4 Å². The summed E-state index contributed by atoms with van der Waals surface area (Å²) in [5, 5.41) is 2.58. The first-order valence-corrected chi connectivity index (χ1v) is 10.8. The van der Waals surface area contributed by atoms with Crippen LogP contribution in [0.3, 0.4) is 0 Å². The van der Waals surface area contributed by atoms with Crippen molar-refractivity contribution in [2.24, 2.45) is 10.9 Å². The van der Waals surface area contributed by atoms with Crippen molar-refractivity contribution < 1.29 is 14.0 Å². The fourth-order valence-electron chi connectivity index (χ4n) is 3.27. The van der Waals surface area contributed by atoms with Gasteiger partial charge < -0.3 is 5.32 Å². The summed E-state index contributed by atoms with van der Waals surface area (Å²) in [4.78, 5) is 32.0.